The summed E-state index contributed by atoms with van der Waals surface area (Å²) in [6, 6.07) is 6.95. The predicted octanol–water partition coefficient (Wildman–Crippen LogP) is 3.09. The maximum absolute atomic E-state index is 12.1. The van der Waals surface area contributed by atoms with Crippen LogP contribution >= 0.6 is 0 Å². The molecular formula is C21H33N3O3. The van der Waals surface area contributed by atoms with Gasteiger partial charge in [0.2, 0.25) is 5.91 Å². The molecule has 0 radical (unpaired) electrons. The van der Waals surface area contributed by atoms with Crippen LogP contribution in [0.3, 0.4) is 0 Å². The van der Waals surface area contributed by atoms with E-state index in [0.29, 0.717) is 24.3 Å². The first-order chi connectivity index (χ1) is 13.2. The number of unbranched alkanes of at least 4 members (excludes halogenated alkanes) is 4. The Balaban J connectivity index is 1.62. The van der Waals surface area contributed by atoms with Gasteiger partial charge in [-0.15, -0.1) is 0 Å². The summed E-state index contributed by atoms with van der Waals surface area (Å²) in [7, 11) is 0. The molecule has 1 aromatic carbocycles. The van der Waals surface area contributed by atoms with Crippen LogP contribution in [0.4, 0.5) is 5.69 Å². The molecule has 0 bridgehead atoms. The third-order valence-electron chi connectivity index (χ3n) is 4.69. The molecule has 0 saturated carbocycles. The van der Waals surface area contributed by atoms with Crippen LogP contribution in [-0.4, -0.2) is 44.2 Å². The normalized spacial score (nSPS) is 16.3. The molecular weight excluding hydrogens is 342 g/mol. The van der Waals surface area contributed by atoms with Gasteiger partial charge in [0.05, 0.1) is 12.6 Å². The highest BCUT2D eigenvalue weighted by molar-refractivity contribution is 5.96. The lowest BCUT2D eigenvalue weighted by atomic mass is 10.1. The smallest absolute Gasteiger partial charge is 0.251 e. The molecule has 2 amide bonds. The summed E-state index contributed by atoms with van der Waals surface area (Å²) < 4.78 is 5.50. The number of nitrogens with one attached hydrogen (secondary N) is 3. The van der Waals surface area contributed by atoms with Crippen molar-refractivity contribution in [3.63, 3.8) is 0 Å². The maximum atomic E-state index is 12.1. The van der Waals surface area contributed by atoms with Crippen molar-refractivity contribution in [2.75, 3.05) is 31.6 Å². The number of rotatable bonds is 12. The minimum atomic E-state index is -0.117. The zero-order valence-corrected chi connectivity index (χ0v) is 16.4. The van der Waals surface area contributed by atoms with E-state index in [4.69, 9.17) is 4.74 Å². The zero-order valence-electron chi connectivity index (χ0n) is 16.4. The van der Waals surface area contributed by atoms with E-state index in [1.165, 1.54) is 25.7 Å². The Hall–Kier alpha value is -1.92. The van der Waals surface area contributed by atoms with Gasteiger partial charge in [-0.2, -0.15) is 0 Å². The van der Waals surface area contributed by atoms with E-state index in [1.54, 1.807) is 24.3 Å². The van der Waals surface area contributed by atoms with E-state index in [-0.39, 0.29) is 17.9 Å². The first-order valence-electron chi connectivity index (χ1n) is 10.2. The van der Waals surface area contributed by atoms with Crippen LogP contribution < -0.4 is 16.0 Å². The van der Waals surface area contributed by atoms with Gasteiger partial charge < -0.3 is 20.7 Å². The minimum Gasteiger partial charge on any atom is -0.376 e. The van der Waals surface area contributed by atoms with Gasteiger partial charge in [0, 0.05) is 24.4 Å². The topological polar surface area (TPSA) is 79.5 Å². The number of anilines is 1. The lowest BCUT2D eigenvalue weighted by molar-refractivity contribution is -0.115. The van der Waals surface area contributed by atoms with E-state index in [2.05, 4.69) is 22.9 Å². The SMILES string of the molecule is CCCCCCCNCC(=O)Nc1ccc(C(=O)NCC2CCCO2)cc1. The van der Waals surface area contributed by atoms with Crippen molar-refractivity contribution in [1.82, 2.24) is 10.6 Å². The third kappa shape index (κ3) is 8.54. The van der Waals surface area contributed by atoms with Crippen LogP contribution in [0, 0.1) is 0 Å². The molecule has 0 aromatic heterocycles. The quantitative estimate of drug-likeness (QED) is 0.491. The standard InChI is InChI=1S/C21H33N3O3/c1-2-3-4-5-6-13-22-16-20(25)24-18-11-9-17(10-12-18)21(26)23-15-19-8-7-14-27-19/h9-12,19,22H,2-8,13-16H2,1H3,(H,23,26)(H,24,25). The summed E-state index contributed by atoms with van der Waals surface area (Å²) in [5, 5.41) is 8.90. The van der Waals surface area contributed by atoms with Gasteiger partial charge in [-0.25, -0.2) is 0 Å². The number of carbonyl (C=O) groups is 2. The fourth-order valence-corrected chi connectivity index (χ4v) is 3.08. The largest absolute Gasteiger partial charge is 0.376 e. The van der Waals surface area contributed by atoms with E-state index in [1.807, 2.05) is 0 Å². The number of amides is 2. The Labute approximate surface area is 162 Å². The van der Waals surface area contributed by atoms with Crippen LogP contribution in [-0.2, 0) is 9.53 Å². The average Bonchev–Trinajstić information content (AvgIpc) is 3.19. The lowest BCUT2D eigenvalue weighted by Crippen LogP contribution is -2.31. The number of hydrogen-bond acceptors (Lipinski definition) is 4. The molecule has 1 aromatic rings. The summed E-state index contributed by atoms with van der Waals surface area (Å²) in [6.07, 6.45) is 8.28. The Morgan fingerprint density at radius 1 is 1.11 bits per heavy atom. The van der Waals surface area contributed by atoms with Gasteiger partial charge in [0.15, 0.2) is 0 Å². The molecule has 1 saturated heterocycles. The molecule has 0 spiro atoms. The monoisotopic (exact) mass is 375 g/mol. The lowest BCUT2D eigenvalue weighted by Gasteiger charge is -2.11. The molecule has 1 atom stereocenters. The first-order valence-corrected chi connectivity index (χ1v) is 10.2. The van der Waals surface area contributed by atoms with Gasteiger partial charge >= 0.3 is 0 Å². The summed E-state index contributed by atoms with van der Waals surface area (Å²) in [5.41, 5.74) is 1.27. The number of hydrogen-bond donors (Lipinski definition) is 3. The number of ether oxygens (including phenoxy) is 1. The maximum Gasteiger partial charge on any atom is 0.251 e. The molecule has 1 aliphatic heterocycles. The molecule has 1 aliphatic rings. The average molecular weight is 376 g/mol. The molecule has 150 valence electrons. The summed E-state index contributed by atoms with van der Waals surface area (Å²) >= 11 is 0. The highest BCUT2D eigenvalue weighted by Crippen LogP contribution is 2.12. The van der Waals surface area contributed by atoms with Crippen molar-refractivity contribution >= 4 is 17.5 Å². The van der Waals surface area contributed by atoms with E-state index in [0.717, 1.165) is 32.4 Å². The second-order valence-electron chi connectivity index (χ2n) is 7.06. The predicted molar refractivity (Wildman–Crippen MR) is 108 cm³/mol. The minimum absolute atomic E-state index is 0.0702. The summed E-state index contributed by atoms with van der Waals surface area (Å²) in [4.78, 5) is 24.1. The van der Waals surface area contributed by atoms with Crippen molar-refractivity contribution in [2.45, 2.75) is 58.0 Å². The summed E-state index contributed by atoms with van der Waals surface area (Å²) in [5.74, 6) is -0.188. The number of carbonyl (C=O) groups excluding carboxylic acids is 2. The molecule has 3 N–H and O–H groups in total. The van der Waals surface area contributed by atoms with Gasteiger partial charge in [-0.05, 0) is 50.1 Å². The van der Waals surface area contributed by atoms with Crippen molar-refractivity contribution in [3.8, 4) is 0 Å². The van der Waals surface area contributed by atoms with Crippen LogP contribution in [0.25, 0.3) is 0 Å². The van der Waals surface area contributed by atoms with E-state index < -0.39 is 0 Å². The summed E-state index contributed by atoms with van der Waals surface area (Å²) in [6.45, 7) is 4.69. The molecule has 27 heavy (non-hydrogen) atoms. The van der Waals surface area contributed by atoms with Gasteiger partial charge in [-0.3, -0.25) is 9.59 Å². The Bertz CT molecular complexity index is 569. The third-order valence-corrected chi connectivity index (χ3v) is 4.69. The van der Waals surface area contributed by atoms with Gasteiger partial charge in [-0.1, -0.05) is 32.6 Å². The van der Waals surface area contributed by atoms with Crippen LogP contribution in [0.2, 0.25) is 0 Å². The van der Waals surface area contributed by atoms with Crippen molar-refractivity contribution < 1.29 is 14.3 Å². The highest BCUT2D eigenvalue weighted by Gasteiger charge is 2.16. The van der Waals surface area contributed by atoms with E-state index in [9.17, 15) is 9.59 Å². The molecule has 1 unspecified atom stereocenters. The van der Waals surface area contributed by atoms with Crippen molar-refractivity contribution in [2.24, 2.45) is 0 Å². The van der Waals surface area contributed by atoms with E-state index >= 15 is 0 Å². The van der Waals surface area contributed by atoms with Crippen LogP contribution in [0.15, 0.2) is 24.3 Å². The molecule has 1 fully saturated rings. The fourth-order valence-electron chi connectivity index (χ4n) is 3.08. The first kappa shape index (κ1) is 21.4. The fraction of sp³-hybridized carbons (Fsp3) is 0.619. The van der Waals surface area contributed by atoms with Gasteiger partial charge in [0.25, 0.3) is 5.91 Å². The molecule has 0 aliphatic carbocycles. The van der Waals surface area contributed by atoms with Crippen LogP contribution in [0.5, 0.6) is 0 Å². The number of benzene rings is 1. The zero-order chi connectivity index (χ0) is 19.3. The molecule has 6 nitrogen and oxygen atoms in total. The second kappa shape index (κ2) is 12.5. The van der Waals surface area contributed by atoms with Crippen LogP contribution in [0.1, 0.15) is 62.2 Å². The van der Waals surface area contributed by atoms with Crippen molar-refractivity contribution in [1.29, 1.82) is 0 Å². The Morgan fingerprint density at radius 3 is 2.59 bits per heavy atom. The Kier molecular flexibility index (Phi) is 9.87. The van der Waals surface area contributed by atoms with Gasteiger partial charge in [0.1, 0.15) is 0 Å². The second-order valence-corrected chi connectivity index (χ2v) is 7.06. The Morgan fingerprint density at radius 2 is 1.89 bits per heavy atom. The highest BCUT2D eigenvalue weighted by atomic mass is 16.5. The van der Waals surface area contributed by atoms with Crippen molar-refractivity contribution in [3.05, 3.63) is 29.8 Å². The molecule has 1 heterocycles. The molecule has 2 rings (SSSR count). The molecule has 6 heteroatoms.